The molecule has 2 atom stereocenters. The Balaban J connectivity index is 2.60. The monoisotopic (exact) mass is 220 g/mol. The van der Waals surface area contributed by atoms with Crippen LogP contribution >= 0.6 is 0 Å². The van der Waals surface area contributed by atoms with Crippen LogP contribution in [-0.2, 0) is 9.53 Å². The van der Waals surface area contributed by atoms with Crippen LogP contribution in [0.2, 0.25) is 0 Å². The van der Waals surface area contributed by atoms with E-state index in [9.17, 15) is 4.79 Å². The SMILES string of the molecule is C=CC(=O)O[C@@H]1C[C@H](CC(=C)C)CC=C1C. The van der Waals surface area contributed by atoms with Crippen molar-refractivity contribution in [2.75, 3.05) is 0 Å². The highest BCUT2D eigenvalue weighted by Crippen LogP contribution is 2.30. The van der Waals surface area contributed by atoms with Crippen LogP contribution < -0.4 is 0 Å². The molecule has 0 fully saturated rings. The second kappa shape index (κ2) is 5.69. The first-order valence-corrected chi connectivity index (χ1v) is 5.67. The van der Waals surface area contributed by atoms with Crippen molar-refractivity contribution < 1.29 is 9.53 Å². The van der Waals surface area contributed by atoms with Crippen LogP contribution in [0.25, 0.3) is 0 Å². The normalized spacial score (nSPS) is 24.5. The maximum absolute atomic E-state index is 11.2. The Kier molecular flexibility index (Phi) is 4.53. The Morgan fingerprint density at radius 1 is 1.69 bits per heavy atom. The van der Waals surface area contributed by atoms with Gasteiger partial charge in [0.2, 0.25) is 0 Å². The predicted molar refractivity (Wildman–Crippen MR) is 66.0 cm³/mol. The number of carbonyl (C=O) groups is 1. The van der Waals surface area contributed by atoms with Gasteiger partial charge in [0.15, 0.2) is 0 Å². The molecule has 0 saturated heterocycles. The van der Waals surface area contributed by atoms with E-state index in [1.165, 1.54) is 11.6 Å². The molecule has 88 valence electrons. The Hall–Kier alpha value is -1.31. The van der Waals surface area contributed by atoms with Crippen molar-refractivity contribution in [2.24, 2.45) is 5.92 Å². The summed E-state index contributed by atoms with van der Waals surface area (Å²) in [6.45, 7) is 11.4. The summed E-state index contributed by atoms with van der Waals surface area (Å²) >= 11 is 0. The minimum atomic E-state index is -0.339. The fraction of sp³-hybridized carbons (Fsp3) is 0.500. The first-order valence-electron chi connectivity index (χ1n) is 5.67. The van der Waals surface area contributed by atoms with Gasteiger partial charge in [0.1, 0.15) is 6.10 Å². The van der Waals surface area contributed by atoms with Crippen LogP contribution in [0.3, 0.4) is 0 Å². The molecular formula is C14H20O2. The summed E-state index contributed by atoms with van der Waals surface area (Å²) < 4.78 is 5.31. The molecular weight excluding hydrogens is 200 g/mol. The topological polar surface area (TPSA) is 26.3 Å². The molecule has 2 nitrogen and oxygen atoms in total. The lowest BCUT2D eigenvalue weighted by Crippen LogP contribution is -2.25. The molecule has 0 aliphatic heterocycles. The van der Waals surface area contributed by atoms with Crippen molar-refractivity contribution in [1.82, 2.24) is 0 Å². The first-order chi connectivity index (χ1) is 7.52. The Morgan fingerprint density at radius 2 is 2.38 bits per heavy atom. The van der Waals surface area contributed by atoms with E-state index >= 15 is 0 Å². The molecule has 1 rings (SSSR count). The maximum Gasteiger partial charge on any atom is 0.330 e. The highest BCUT2D eigenvalue weighted by molar-refractivity contribution is 5.81. The van der Waals surface area contributed by atoms with E-state index < -0.39 is 0 Å². The molecule has 0 radical (unpaired) electrons. The molecule has 0 aromatic carbocycles. The van der Waals surface area contributed by atoms with E-state index in [-0.39, 0.29) is 12.1 Å². The summed E-state index contributed by atoms with van der Waals surface area (Å²) in [6.07, 6.45) is 6.26. The van der Waals surface area contributed by atoms with Gasteiger partial charge in [-0.05, 0) is 44.6 Å². The van der Waals surface area contributed by atoms with Gasteiger partial charge in [0.05, 0.1) is 0 Å². The average molecular weight is 220 g/mol. The third-order valence-electron chi connectivity index (χ3n) is 2.89. The van der Waals surface area contributed by atoms with Crippen molar-refractivity contribution in [3.63, 3.8) is 0 Å². The van der Waals surface area contributed by atoms with E-state index in [4.69, 9.17) is 4.74 Å². The van der Waals surface area contributed by atoms with E-state index in [0.29, 0.717) is 5.92 Å². The van der Waals surface area contributed by atoms with E-state index in [1.807, 2.05) is 13.8 Å². The molecule has 0 amide bonds. The summed E-state index contributed by atoms with van der Waals surface area (Å²) in [5.41, 5.74) is 2.33. The molecule has 0 bridgehead atoms. The number of esters is 1. The minimum absolute atomic E-state index is 0.0800. The van der Waals surface area contributed by atoms with Crippen molar-refractivity contribution in [1.29, 1.82) is 0 Å². The lowest BCUT2D eigenvalue weighted by atomic mass is 9.84. The zero-order valence-electron chi connectivity index (χ0n) is 10.2. The van der Waals surface area contributed by atoms with Crippen LogP contribution in [-0.4, -0.2) is 12.1 Å². The Morgan fingerprint density at radius 3 is 2.94 bits per heavy atom. The van der Waals surface area contributed by atoms with Gasteiger partial charge in [-0.2, -0.15) is 0 Å². The van der Waals surface area contributed by atoms with Crippen LogP contribution in [0.1, 0.15) is 33.1 Å². The smallest absolute Gasteiger partial charge is 0.330 e. The largest absolute Gasteiger partial charge is 0.455 e. The number of hydrogen-bond acceptors (Lipinski definition) is 2. The van der Waals surface area contributed by atoms with Crippen LogP contribution in [0.15, 0.2) is 36.5 Å². The quantitative estimate of drug-likeness (QED) is 0.412. The molecule has 0 spiro atoms. The molecule has 0 aromatic rings. The van der Waals surface area contributed by atoms with Crippen LogP contribution in [0, 0.1) is 5.92 Å². The molecule has 0 aromatic heterocycles. The van der Waals surface area contributed by atoms with Crippen molar-refractivity contribution >= 4 is 5.97 Å². The highest BCUT2D eigenvalue weighted by atomic mass is 16.5. The molecule has 0 heterocycles. The van der Waals surface area contributed by atoms with E-state index in [0.717, 1.165) is 24.8 Å². The van der Waals surface area contributed by atoms with E-state index in [2.05, 4.69) is 19.2 Å². The molecule has 16 heavy (non-hydrogen) atoms. The summed E-state index contributed by atoms with van der Waals surface area (Å²) in [5.74, 6) is 0.206. The second-order valence-corrected chi connectivity index (χ2v) is 4.58. The number of hydrogen-bond donors (Lipinski definition) is 0. The number of ether oxygens (including phenoxy) is 1. The summed E-state index contributed by atoms with van der Waals surface area (Å²) in [6, 6.07) is 0. The van der Waals surface area contributed by atoms with Gasteiger partial charge in [-0.25, -0.2) is 4.79 Å². The molecule has 0 N–H and O–H groups in total. The third kappa shape index (κ3) is 3.69. The molecule has 1 aliphatic carbocycles. The van der Waals surface area contributed by atoms with Gasteiger partial charge < -0.3 is 4.74 Å². The van der Waals surface area contributed by atoms with Gasteiger partial charge in [-0.3, -0.25) is 0 Å². The molecule has 1 aliphatic rings. The molecule has 2 heteroatoms. The standard InChI is InChI=1S/C14H20O2/c1-5-14(15)16-13-9-12(8-10(2)3)7-6-11(13)4/h5-6,12-13H,1-2,7-9H2,3-4H3/t12-,13+/m0/s1. The number of carbonyl (C=O) groups excluding carboxylic acids is 1. The lowest BCUT2D eigenvalue weighted by Gasteiger charge is -2.28. The highest BCUT2D eigenvalue weighted by Gasteiger charge is 2.24. The zero-order chi connectivity index (χ0) is 12.1. The maximum atomic E-state index is 11.2. The zero-order valence-corrected chi connectivity index (χ0v) is 10.2. The summed E-state index contributed by atoms with van der Waals surface area (Å²) in [7, 11) is 0. The second-order valence-electron chi connectivity index (χ2n) is 4.58. The lowest BCUT2D eigenvalue weighted by molar-refractivity contribution is -0.142. The fourth-order valence-corrected chi connectivity index (χ4v) is 2.06. The Labute approximate surface area is 97.7 Å². The van der Waals surface area contributed by atoms with Gasteiger partial charge in [-0.15, -0.1) is 6.58 Å². The van der Waals surface area contributed by atoms with Crippen molar-refractivity contribution in [2.45, 2.75) is 39.2 Å². The Bertz CT molecular complexity index is 326. The van der Waals surface area contributed by atoms with Crippen molar-refractivity contribution in [3.05, 3.63) is 36.5 Å². The van der Waals surface area contributed by atoms with Gasteiger partial charge >= 0.3 is 5.97 Å². The van der Waals surface area contributed by atoms with Gasteiger partial charge in [0, 0.05) is 6.08 Å². The van der Waals surface area contributed by atoms with Gasteiger partial charge in [-0.1, -0.05) is 18.2 Å². The first kappa shape index (κ1) is 12.8. The predicted octanol–water partition coefficient (Wildman–Crippen LogP) is 3.41. The van der Waals surface area contributed by atoms with E-state index in [1.54, 1.807) is 0 Å². The number of allylic oxidation sites excluding steroid dienone is 2. The summed E-state index contributed by atoms with van der Waals surface area (Å²) in [4.78, 5) is 11.2. The minimum Gasteiger partial charge on any atom is -0.455 e. The van der Waals surface area contributed by atoms with Crippen LogP contribution in [0.4, 0.5) is 0 Å². The molecule has 0 saturated carbocycles. The number of rotatable bonds is 4. The van der Waals surface area contributed by atoms with Crippen LogP contribution in [0.5, 0.6) is 0 Å². The van der Waals surface area contributed by atoms with Crippen molar-refractivity contribution in [3.8, 4) is 0 Å². The average Bonchev–Trinajstić information content (AvgIpc) is 2.22. The summed E-state index contributed by atoms with van der Waals surface area (Å²) in [5, 5.41) is 0. The third-order valence-corrected chi connectivity index (χ3v) is 2.89. The fourth-order valence-electron chi connectivity index (χ4n) is 2.06. The van der Waals surface area contributed by atoms with Gasteiger partial charge in [0.25, 0.3) is 0 Å². The molecule has 0 unspecified atom stereocenters.